The first-order valence-electron chi connectivity index (χ1n) is 11.9. The Balaban J connectivity index is 1.34. The predicted molar refractivity (Wildman–Crippen MR) is 146 cm³/mol. The Bertz CT molecular complexity index is 1490. The summed E-state index contributed by atoms with van der Waals surface area (Å²) in [6.07, 6.45) is 7.04. The van der Waals surface area contributed by atoms with Crippen molar-refractivity contribution >= 4 is 67.8 Å². The van der Waals surface area contributed by atoms with Crippen LogP contribution in [0.5, 0.6) is 0 Å². The molecule has 2 nitrogen and oxygen atoms in total. The van der Waals surface area contributed by atoms with Gasteiger partial charge in [-0.2, -0.15) is 4.57 Å². The number of hydrogen-bond acceptors (Lipinski definition) is 3. The van der Waals surface area contributed by atoms with E-state index in [1.54, 1.807) is 0 Å². The Morgan fingerprint density at radius 3 is 2.68 bits per heavy atom. The second-order valence-electron chi connectivity index (χ2n) is 10.5. The lowest BCUT2D eigenvalue weighted by atomic mass is 9.72. The van der Waals surface area contributed by atoms with Gasteiger partial charge in [-0.3, -0.25) is 0 Å². The fourth-order valence-corrected chi connectivity index (χ4v) is 8.94. The molecular formula is C28H25Cl2N2S2+. The first-order chi connectivity index (χ1) is 16.4. The van der Waals surface area contributed by atoms with E-state index in [1.165, 1.54) is 53.1 Å². The van der Waals surface area contributed by atoms with E-state index in [2.05, 4.69) is 53.7 Å². The van der Waals surface area contributed by atoms with Gasteiger partial charge in [0.2, 0.25) is 5.52 Å². The van der Waals surface area contributed by atoms with Crippen molar-refractivity contribution in [3.8, 4) is 0 Å². The van der Waals surface area contributed by atoms with Crippen LogP contribution in [0.25, 0.3) is 15.8 Å². The van der Waals surface area contributed by atoms with E-state index in [0.717, 1.165) is 48.8 Å². The molecule has 1 aromatic heterocycles. The number of nitrogens with zero attached hydrogens (tertiary/aromatic N) is 2. The van der Waals surface area contributed by atoms with Crippen molar-refractivity contribution in [2.75, 3.05) is 11.4 Å². The zero-order valence-electron chi connectivity index (χ0n) is 19.3. The summed E-state index contributed by atoms with van der Waals surface area (Å²) in [7, 11) is 0. The fourth-order valence-electron chi connectivity index (χ4n) is 6.06. The molecule has 4 aliphatic rings. The molecule has 3 aromatic rings. The third-order valence-corrected chi connectivity index (χ3v) is 10.4. The SMILES string of the molecule is CC1(C)CC(C2=C3Sc4ccc(Cl)cc4N3CC2)=CC(=C2CC[n+]3c2sc2ccc(Cl)cc23)C1. The maximum Gasteiger partial charge on any atom is 0.266 e. The van der Waals surface area contributed by atoms with Crippen LogP contribution >= 0.6 is 46.3 Å². The number of hydrogen-bond donors (Lipinski definition) is 0. The van der Waals surface area contributed by atoms with Crippen LogP contribution in [0.4, 0.5) is 5.69 Å². The van der Waals surface area contributed by atoms with Gasteiger partial charge in [-0.1, -0.05) is 66.2 Å². The van der Waals surface area contributed by atoms with Crippen molar-refractivity contribution in [2.45, 2.75) is 51.0 Å². The van der Waals surface area contributed by atoms with Gasteiger partial charge in [-0.25, -0.2) is 0 Å². The summed E-state index contributed by atoms with van der Waals surface area (Å²) in [6, 6.07) is 12.6. The lowest BCUT2D eigenvalue weighted by Crippen LogP contribution is -2.30. The smallest absolute Gasteiger partial charge is 0.266 e. The molecule has 0 N–H and O–H groups in total. The molecule has 34 heavy (non-hydrogen) atoms. The van der Waals surface area contributed by atoms with E-state index in [9.17, 15) is 0 Å². The van der Waals surface area contributed by atoms with Crippen LogP contribution in [-0.4, -0.2) is 6.54 Å². The topological polar surface area (TPSA) is 7.12 Å². The van der Waals surface area contributed by atoms with E-state index >= 15 is 0 Å². The lowest BCUT2D eigenvalue weighted by Gasteiger charge is -2.32. The summed E-state index contributed by atoms with van der Waals surface area (Å²) >= 11 is 16.5. The van der Waals surface area contributed by atoms with Gasteiger partial charge >= 0.3 is 0 Å². The molecule has 0 spiro atoms. The van der Waals surface area contributed by atoms with Crippen molar-refractivity contribution < 1.29 is 4.57 Å². The summed E-state index contributed by atoms with van der Waals surface area (Å²) in [4.78, 5) is 3.81. The third-order valence-electron chi connectivity index (χ3n) is 7.48. The molecule has 7 rings (SSSR count). The number of anilines is 1. The van der Waals surface area contributed by atoms with Gasteiger partial charge < -0.3 is 4.90 Å². The highest BCUT2D eigenvalue weighted by molar-refractivity contribution is 8.03. The monoisotopic (exact) mass is 523 g/mol. The van der Waals surface area contributed by atoms with E-state index in [1.807, 2.05) is 35.2 Å². The minimum atomic E-state index is 0.250. The highest BCUT2D eigenvalue weighted by Crippen LogP contribution is 2.54. The number of benzene rings is 2. The second kappa shape index (κ2) is 7.64. The fraction of sp³-hybridized carbons (Fsp3) is 0.321. The van der Waals surface area contributed by atoms with Crippen LogP contribution in [0.2, 0.25) is 10.0 Å². The average Bonchev–Trinajstić information content (AvgIpc) is 3.52. The maximum atomic E-state index is 6.33. The molecule has 4 heterocycles. The Kier molecular flexibility index (Phi) is 4.84. The van der Waals surface area contributed by atoms with Gasteiger partial charge in [0.1, 0.15) is 4.70 Å². The van der Waals surface area contributed by atoms with Crippen LogP contribution in [0, 0.1) is 5.41 Å². The van der Waals surface area contributed by atoms with Gasteiger partial charge in [0.05, 0.1) is 10.7 Å². The van der Waals surface area contributed by atoms with Gasteiger partial charge in [0, 0.05) is 39.5 Å². The summed E-state index contributed by atoms with van der Waals surface area (Å²) in [6.45, 7) is 6.96. The summed E-state index contributed by atoms with van der Waals surface area (Å²) in [5, 5.41) is 4.48. The first-order valence-corrected chi connectivity index (χ1v) is 14.3. The summed E-state index contributed by atoms with van der Waals surface area (Å²) in [5.74, 6) is 0. The highest BCUT2D eigenvalue weighted by atomic mass is 35.5. The number of thiazole rings is 1. The molecule has 172 valence electrons. The van der Waals surface area contributed by atoms with E-state index in [-0.39, 0.29) is 5.41 Å². The quantitative estimate of drug-likeness (QED) is 0.294. The van der Waals surface area contributed by atoms with Crippen molar-refractivity contribution in [1.82, 2.24) is 0 Å². The minimum Gasteiger partial charge on any atom is -0.334 e. The molecule has 0 saturated carbocycles. The summed E-state index contributed by atoms with van der Waals surface area (Å²) < 4.78 is 3.81. The van der Waals surface area contributed by atoms with E-state index in [4.69, 9.17) is 23.2 Å². The van der Waals surface area contributed by atoms with Crippen LogP contribution in [0.15, 0.2) is 69.1 Å². The number of aryl methyl sites for hydroxylation is 1. The molecule has 3 aliphatic heterocycles. The molecule has 0 atom stereocenters. The molecule has 0 fully saturated rings. The Morgan fingerprint density at radius 1 is 0.971 bits per heavy atom. The van der Waals surface area contributed by atoms with Crippen molar-refractivity contribution in [3.05, 3.63) is 79.3 Å². The van der Waals surface area contributed by atoms with Gasteiger partial charge in [0.15, 0.2) is 6.54 Å². The number of allylic oxidation sites excluding steroid dienone is 4. The number of thioether (sulfide) groups is 1. The van der Waals surface area contributed by atoms with Crippen LogP contribution in [0.3, 0.4) is 0 Å². The molecular weight excluding hydrogens is 499 g/mol. The highest BCUT2D eigenvalue weighted by Gasteiger charge is 2.39. The number of aromatic nitrogens is 1. The van der Waals surface area contributed by atoms with E-state index in [0.29, 0.717) is 0 Å². The zero-order valence-corrected chi connectivity index (χ0v) is 22.4. The Morgan fingerprint density at radius 2 is 1.79 bits per heavy atom. The molecule has 0 unspecified atom stereocenters. The van der Waals surface area contributed by atoms with Gasteiger partial charge in [0.25, 0.3) is 5.01 Å². The predicted octanol–water partition coefficient (Wildman–Crippen LogP) is 8.63. The number of rotatable bonds is 1. The van der Waals surface area contributed by atoms with Crippen molar-refractivity contribution in [1.29, 1.82) is 0 Å². The Hall–Kier alpha value is -1.72. The summed E-state index contributed by atoms with van der Waals surface area (Å²) in [5.41, 5.74) is 8.94. The molecule has 0 saturated heterocycles. The largest absolute Gasteiger partial charge is 0.334 e. The van der Waals surface area contributed by atoms with Gasteiger partial charge in [-0.15, -0.1) is 0 Å². The lowest BCUT2D eigenvalue weighted by molar-refractivity contribution is -0.659. The molecule has 6 heteroatoms. The van der Waals surface area contributed by atoms with Crippen LogP contribution < -0.4 is 9.47 Å². The van der Waals surface area contributed by atoms with E-state index < -0.39 is 0 Å². The second-order valence-corrected chi connectivity index (χ2v) is 13.4. The molecule has 0 bridgehead atoms. The molecule has 0 amide bonds. The maximum absolute atomic E-state index is 6.33. The molecule has 0 radical (unpaired) electrons. The third kappa shape index (κ3) is 3.33. The van der Waals surface area contributed by atoms with Gasteiger partial charge in [-0.05, 0) is 71.7 Å². The standard InChI is InChI=1S/C28H25Cl2N2S2/c1-28(2)14-16(20-7-9-31-22-12-18(29)3-5-24(22)33-26(20)31)11-17(15-28)21-8-10-32-23-13-19(30)4-6-25(23)34-27(21)32/h3-6,11-13H,7-10,14-15H2,1-2H3/q+1. The zero-order chi connectivity index (χ0) is 23.2. The van der Waals surface area contributed by atoms with Crippen LogP contribution in [0.1, 0.15) is 44.5 Å². The van der Waals surface area contributed by atoms with Crippen LogP contribution in [-0.2, 0) is 6.54 Å². The van der Waals surface area contributed by atoms with Crippen molar-refractivity contribution in [3.63, 3.8) is 0 Å². The Labute approximate surface area is 218 Å². The average molecular weight is 525 g/mol. The first kappa shape index (κ1) is 21.6. The minimum absolute atomic E-state index is 0.250. The normalized spacial score (nSPS) is 22.9. The van der Waals surface area contributed by atoms with Crippen molar-refractivity contribution in [2.24, 2.45) is 5.41 Å². The number of halogens is 2. The number of fused-ring (bicyclic) bond motifs is 6. The molecule has 2 aromatic carbocycles. The molecule has 1 aliphatic carbocycles.